The van der Waals surface area contributed by atoms with E-state index in [1.807, 2.05) is 6.92 Å². The molecule has 1 heterocycles. The third-order valence-electron chi connectivity index (χ3n) is 2.72. The predicted octanol–water partition coefficient (Wildman–Crippen LogP) is 2.57. The predicted molar refractivity (Wildman–Crippen MR) is 61.2 cm³/mol. The number of hydrogen-bond acceptors (Lipinski definition) is 3. The fourth-order valence-electron chi connectivity index (χ4n) is 1.80. The van der Waals surface area contributed by atoms with E-state index in [-0.39, 0.29) is 17.4 Å². The first kappa shape index (κ1) is 12.6. The molecule has 0 bridgehead atoms. The average Bonchev–Trinajstić information content (AvgIpc) is 2.31. The van der Waals surface area contributed by atoms with E-state index in [1.165, 1.54) is 6.07 Å². The lowest BCUT2D eigenvalue weighted by atomic mass is 10.1. The Bertz CT molecular complexity index is 477. The monoisotopic (exact) mass is 257 g/mol. The van der Waals surface area contributed by atoms with E-state index < -0.39 is 12.7 Å². The van der Waals surface area contributed by atoms with E-state index in [0.29, 0.717) is 12.1 Å². The molecule has 1 amide bonds. The van der Waals surface area contributed by atoms with E-state index in [0.717, 1.165) is 5.56 Å². The highest BCUT2D eigenvalue weighted by Crippen LogP contribution is 2.42. The van der Waals surface area contributed by atoms with Crippen LogP contribution in [0.25, 0.3) is 0 Å². The number of nitrogens with one attached hydrogen (secondary N) is 1. The van der Waals surface area contributed by atoms with Gasteiger partial charge in [-0.3, -0.25) is 4.79 Å². The van der Waals surface area contributed by atoms with E-state index >= 15 is 0 Å². The summed E-state index contributed by atoms with van der Waals surface area (Å²) in [5.41, 5.74) is 1.23. The SMILES string of the molecule is CCc1ccc(OC(F)F)c2c1NC(=O)[C@@H](C)O2. The quantitative estimate of drug-likeness (QED) is 0.905. The lowest BCUT2D eigenvalue weighted by Crippen LogP contribution is -2.35. The van der Waals surface area contributed by atoms with Gasteiger partial charge in [-0.2, -0.15) is 8.78 Å². The van der Waals surface area contributed by atoms with Gasteiger partial charge in [0.1, 0.15) is 0 Å². The van der Waals surface area contributed by atoms with Crippen molar-refractivity contribution in [2.45, 2.75) is 33.0 Å². The summed E-state index contributed by atoms with van der Waals surface area (Å²) < 4.78 is 34.3. The molecule has 1 N–H and O–H groups in total. The molecule has 1 aromatic rings. The molecule has 1 aliphatic rings. The van der Waals surface area contributed by atoms with Crippen LogP contribution in [0.5, 0.6) is 11.5 Å². The minimum atomic E-state index is -2.93. The van der Waals surface area contributed by atoms with Crippen LogP contribution < -0.4 is 14.8 Å². The summed E-state index contributed by atoms with van der Waals surface area (Å²) in [7, 11) is 0. The van der Waals surface area contributed by atoms with Gasteiger partial charge in [0.05, 0.1) is 5.69 Å². The highest BCUT2D eigenvalue weighted by Gasteiger charge is 2.29. The summed E-state index contributed by atoms with van der Waals surface area (Å²) in [6, 6.07) is 3.06. The lowest BCUT2D eigenvalue weighted by Gasteiger charge is -2.26. The number of fused-ring (bicyclic) bond motifs is 1. The van der Waals surface area contributed by atoms with Gasteiger partial charge >= 0.3 is 6.61 Å². The Kier molecular flexibility index (Phi) is 3.36. The number of halogens is 2. The maximum Gasteiger partial charge on any atom is 0.387 e. The molecule has 98 valence electrons. The Hall–Kier alpha value is -1.85. The Labute approximate surface area is 103 Å². The van der Waals surface area contributed by atoms with Gasteiger partial charge in [0, 0.05) is 0 Å². The van der Waals surface area contributed by atoms with Crippen LogP contribution in [0, 0.1) is 0 Å². The number of amides is 1. The van der Waals surface area contributed by atoms with Crippen molar-refractivity contribution in [1.29, 1.82) is 0 Å². The largest absolute Gasteiger partial charge is 0.475 e. The van der Waals surface area contributed by atoms with Crippen molar-refractivity contribution < 1.29 is 23.0 Å². The normalized spacial score (nSPS) is 18.1. The van der Waals surface area contributed by atoms with Gasteiger partial charge in [-0.1, -0.05) is 13.0 Å². The Morgan fingerprint density at radius 1 is 1.50 bits per heavy atom. The van der Waals surface area contributed by atoms with Gasteiger partial charge in [0.2, 0.25) is 0 Å². The zero-order chi connectivity index (χ0) is 13.3. The minimum Gasteiger partial charge on any atom is -0.475 e. The molecule has 2 rings (SSSR count). The zero-order valence-corrected chi connectivity index (χ0v) is 10.00. The zero-order valence-electron chi connectivity index (χ0n) is 10.00. The molecule has 0 radical (unpaired) electrons. The number of rotatable bonds is 3. The van der Waals surface area contributed by atoms with Crippen molar-refractivity contribution in [3.8, 4) is 11.5 Å². The molecule has 0 saturated carbocycles. The molecule has 6 heteroatoms. The number of alkyl halides is 2. The molecule has 1 aliphatic heterocycles. The van der Waals surface area contributed by atoms with Crippen LogP contribution in [0.15, 0.2) is 12.1 Å². The third kappa shape index (κ3) is 2.23. The first-order valence-corrected chi connectivity index (χ1v) is 5.61. The second kappa shape index (κ2) is 4.80. The molecule has 18 heavy (non-hydrogen) atoms. The average molecular weight is 257 g/mol. The molecule has 4 nitrogen and oxygen atoms in total. The van der Waals surface area contributed by atoms with Crippen molar-refractivity contribution in [3.05, 3.63) is 17.7 Å². The molecule has 0 spiro atoms. The number of ether oxygens (including phenoxy) is 2. The van der Waals surface area contributed by atoms with Gasteiger partial charge in [-0.15, -0.1) is 0 Å². The molecule has 0 aromatic heterocycles. The van der Waals surface area contributed by atoms with E-state index in [4.69, 9.17) is 4.74 Å². The smallest absolute Gasteiger partial charge is 0.387 e. The Balaban J connectivity index is 2.47. The molecule has 1 aromatic carbocycles. The molecule has 0 aliphatic carbocycles. The molecule has 0 fully saturated rings. The van der Waals surface area contributed by atoms with Gasteiger partial charge < -0.3 is 14.8 Å². The number of hydrogen-bond donors (Lipinski definition) is 1. The number of anilines is 1. The maximum atomic E-state index is 12.3. The van der Waals surface area contributed by atoms with Crippen LogP contribution in [-0.4, -0.2) is 18.6 Å². The lowest BCUT2D eigenvalue weighted by molar-refractivity contribution is -0.122. The van der Waals surface area contributed by atoms with Crippen molar-refractivity contribution in [2.24, 2.45) is 0 Å². The third-order valence-corrected chi connectivity index (χ3v) is 2.72. The first-order chi connectivity index (χ1) is 8.52. The summed E-state index contributed by atoms with van der Waals surface area (Å²) in [6.07, 6.45) is -0.0837. The van der Waals surface area contributed by atoms with Crippen LogP contribution in [0.2, 0.25) is 0 Å². The van der Waals surface area contributed by atoms with E-state index in [1.54, 1.807) is 13.0 Å². The first-order valence-electron chi connectivity index (χ1n) is 5.61. The Morgan fingerprint density at radius 2 is 2.22 bits per heavy atom. The van der Waals surface area contributed by atoms with Crippen LogP contribution in [-0.2, 0) is 11.2 Å². The number of carbonyl (C=O) groups excluding carboxylic acids is 1. The van der Waals surface area contributed by atoms with Crippen molar-refractivity contribution in [1.82, 2.24) is 0 Å². The number of benzene rings is 1. The van der Waals surface area contributed by atoms with Crippen LogP contribution in [0.4, 0.5) is 14.5 Å². The topological polar surface area (TPSA) is 47.6 Å². The number of carbonyl (C=O) groups is 1. The molecule has 0 unspecified atom stereocenters. The highest BCUT2D eigenvalue weighted by atomic mass is 19.3. The van der Waals surface area contributed by atoms with E-state index in [2.05, 4.69) is 10.1 Å². The van der Waals surface area contributed by atoms with Crippen LogP contribution in [0.1, 0.15) is 19.4 Å². The fourth-order valence-corrected chi connectivity index (χ4v) is 1.80. The van der Waals surface area contributed by atoms with Gasteiger partial charge in [-0.25, -0.2) is 0 Å². The van der Waals surface area contributed by atoms with Crippen molar-refractivity contribution >= 4 is 11.6 Å². The Morgan fingerprint density at radius 3 is 2.83 bits per heavy atom. The molecule has 0 saturated heterocycles. The summed E-state index contributed by atoms with van der Waals surface area (Å²) in [5.74, 6) is -0.197. The van der Waals surface area contributed by atoms with Crippen molar-refractivity contribution in [2.75, 3.05) is 5.32 Å². The summed E-state index contributed by atoms with van der Waals surface area (Å²) in [6.45, 7) is 0.509. The second-order valence-electron chi connectivity index (χ2n) is 3.91. The minimum absolute atomic E-state index is 0.0657. The molecular formula is C12H13F2NO3. The molecule has 1 atom stereocenters. The fraction of sp³-hybridized carbons (Fsp3) is 0.417. The van der Waals surface area contributed by atoms with Crippen molar-refractivity contribution in [3.63, 3.8) is 0 Å². The van der Waals surface area contributed by atoms with Crippen LogP contribution >= 0.6 is 0 Å². The second-order valence-corrected chi connectivity index (χ2v) is 3.91. The van der Waals surface area contributed by atoms with E-state index in [9.17, 15) is 13.6 Å². The van der Waals surface area contributed by atoms with Gasteiger partial charge in [0.15, 0.2) is 17.6 Å². The highest BCUT2D eigenvalue weighted by molar-refractivity contribution is 5.99. The summed E-state index contributed by atoms with van der Waals surface area (Å²) in [4.78, 5) is 11.5. The van der Waals surface area contributed by atoms with Crippen LogP contribution in [0.3, 0.4) is 0 Å². The standard InChI is InChI=1S/C12H13F2NO3/c1-3-7-4-5-8(18-12(13)14)10-9(7)15-11(16)6(2)17-10/h4-6,12H,3H2,1-2H3,(H,15,16)/t6-/m1/s1. The van der Waals surface area contributed by atoms with Gasteiger partial charge in [0.25, 0.3) is 5.91 Å². The number of aryl methyl sites for hydroxylation is 1. The molecular weight excluding hydrogens is 244 g/mol. The summed E-state index contributed by atoms with van der Waals surface area (Å²) >= 11 is 0. The maximum absolute atomic E-state index is 12.3. The van der Waals surface area contributed by atoms with Gasteiger partial charge in [-0.05, 0) is 25.0 Å². The summed E-state index contributed by atoms with van der Waals surface area (Å²) in [5, 5.41) is 2.65.